The fourth-order valence-electron chi connectivity index (χ4n) is 4.99. The van der Waals surface area contributed by atoms with E-state index in [1.807, 2.05) is 89.8 Å². The summed E-state index contributed by atoms with van der Waals surface area (Å²) in [5.74, 6) is 1.53. The molecular weight excluding hydrogens is 490 g/mol. The lowest BCUT2D eigenvalue weighted by atomic mass is 10.1. The lowest BCUT2D eigenvalue weighted by molar-refractivity contribution is 0.0738. The van der Waals surface area contributed by atoms with E-state index in [1.54, 1.807) is 18.7 Å². The lowest BCUT2D eigenvalue weighted by Gasteiger charge is -2.36. The number of piperazine rings is 1. The maximum Gasteiger partial charge on any atom is 0.272 e. The predicted octanol–water partition coefficient (Wildman–Crippen LogP) is 5.04. The summed E-state index contributed by atoms with van der Waals surface area (Å²) < 4.78 is 12.5. The van der Waals surface area contributed by atoms with Gasteiger partial charge in [-0.25, -0.2) is 9.50 Å². The highest BCUT2D eigenvalue weighted by Crippen LogP contribution is 2.29. The molecule has 2 aromatic heterocycles. The van der Waals surface area contributed by atoms with E-state index in [0.29, 0.717) is 43.2 Å². The fourth-order valence-corrected chi connectivity index (χ4v) is 4.99. The van der Waals surface area contributed by atoms with E-state index >= 15 is 0 Å². The number of nitrogens with zero attached hydrogens (tertiary/aromatic N) is 5. The van der Waals surface area contributed by atoms with Gasteiger partial charge in [-0.2, -0.15) is 5.10 Å². The average Bonchev–Trinajstić information content (AvgIpc) is 3.45. The van der Waals surface area contributed by atoms with Gasteiger partial charge in [-0.15, -0.1) is 0 Å². The van der Waals surface area contributed by atoms with E-state index in [1.165, 1.54) is 0 Å². The van der Waals surface area contributed by atoms with Crippen molar-refractivity contribution in [3.63, 3.8) is 0 Å². The minimum absolute atomic E-state index is 0.0699. The third kappa shape index (κ3) is 4.77. The number of carbonyl (C=O) groups is 1. The third-order valence-corrected chi connectivity index (χ3v) is 7.09. The highest BCUT2D eigenvalue weighted by atomic mass is 16.5. The summed E-state index contributed by atoms with van der Waals surface area (Å²) in [7, 11) is 3.32. The molecule has 0 aliphatic carbocycles. The topological polar surface area (TPSA) is 72.2 Å². The second kappa shape index (κ2) is 10.5. The number of amides is 1. The van der Waals surface area contributed by atoms with Gasteiger partial charge < -0.3 is 19.3 Å². The molecule has 6 rings (SSSR count). The van der Waals surface area contributed by atoms with Gasteiger partial charge in [0.1, 0.15) is 17.2 Å². The minimum atomic E-state index is -0.0699. The number of methoxy groups -OCH3 is 2. The van der Waals surface area contributed by atoms with Gasteiger partial charge in [0.05, 0.1) is 31.3 Å². The quantitative estimate of drug-likeness (QED) is 0.313. The molecule has 8 heteroatoms. The van der Waals surface area contributed by atoms with Crippen LogP contribution in [0, 0.1) is 0 Å². The van der Waals surface area contributed by atoms with Crippen molar-refractivity contribution in [1.29, 1.82) is 0 Å². The van der Waals surface area contributed by atoms with Crippen LogP contribution in [0.25, 0.3) is 28.2 Å². The first-order valence-electron chi connectivity index (χ1n) is 12.9. The number of anilines is 1. The Bertz CT molecular complexity index is 1610. The van der Waals surface area contributed by atoms with Gasteiger partial charge in [-0.3, -0.25) is 4.79 Å². The van der Waals surface area contributed by atoms with Crippen LogP contribution in [0.15, 0.2) is 91.0 Å². The molecule has 39 heavy (non-hydrogen) atoms. The largest absolute Gasteiger partial charge is 0.497 e. The van der Waals surface area contributed by atoms with Crippen molar-refractivity contribution in [3.05, 3.63) is 96.7 Å². The summed E-state index contributed by atoms with van der Waals surface area (Å²) in [5, 5.41) is 4.81. The van der Waals surface area contributed by atoms with Gasteiger partial charge in [0, 0.05) is 43.4 Å². The molecule has 0 bridgehead atoms. The van der Waals surface area contributed by atoms with Crippen molar-refractivity contribution in [2.45, 2.75) is 0 Å². The van der Waals surface area contributed by atoms with Crippen LogP contribution in [-0.4, -0.2) is 65.8 Å². The molecule has 8 nitrogen and oxygen atoms in total. The Labute approximate surface area is 227 Å². The second-order valence-corrected chi connectivity index (χ2v) is 9.37. The third-order valence-electron chi connectivity index (χ3n) is 7.09. The molecule has 0 N–H and O–H groups in total. The van der Waals surface area contributed by atoms with Gasteiger partial charge in [0.2, 0.25) is 0 Å². The van der Waals surface area contributed by atoms with Crippen molar-refractivity contribution in [1.82, 2.24) is 19.5 Å². The van der Waals surface area contributed by atoms with E-state index in [4.69, 9.17) is 19.6 Å². The molecule has 1 saturated heterocycles. The number of aromatic nitrogens is 3. The van der Waals surface area contributed by atoms with Crippen LogP contribution in [0.2, 0.25) is 0 Å². The van der Waals surface area contributed by atoms with Crippen LogP contribution >= 0.6 is 0 Å². The van der Waals surface area contributed by atoms with Crippen molar-refractivity contribution >= 4 is 17.2 Å². The Balaban J connectivity index is 1.35. The number of para-hydroxylation sites is 2. The zero-order chi connectivity index (χ0) is 26.8. The summed E-state index contributed by atoms with van der Waals surface area (Å²) >= 11 is 0. The maximum atomic E-state index is 14.0. The Kier molecular flexibility index (Phi) is 6.59. The van der Waals surface area contributed by atoms with Crippen molar-refractivity contribution in [2.75, 3.05) is 45.3 Å². The van der Waals surface area contributed by atoms with Crippen molar-refractivity contribution in [3.8, 4) is 34.0 Å². The Hall–Kier alpha value is -4.85. The van der Waals surface area contributed by atoms with Gasteiger partial charge in [-0.1, -0.05) is 42.5 Å². The number of hydrogen-bond donors (Lipinski definition) is 0. The number of benzene rings is 3. The molecule has 196 valence electrons. The number of fused-ring (bicyclic) bond motifs is 1. The molecule has 5 aromatic rings. The van der Waals surface area contributed by atoms with E-state index in [-0.39, 0.29) is 5.91 Å². The summed E-state index contributed by atoms with van der Waals surface area (Å²) in [6, 6.07) is 29.4. The van der Waals surface area contributed by atoms with Crippen LogP contribution < -0.4 is 14.4 Å². The lowest BCUT2D eigenvalue weighted by Crippen LogP contribution is -2.49. The molecule has 3 aromatic carbocycles. The number of rotatable bonds is 6. The van der Waals surface area contributed by atoms with Crippen LogP contribution in [-0.2, 0) is 0 Å². The summed E-state index contributed by atoms with van der Waals surface area (Å²) in [5.41, 5.74) is 5.50. The molecule has 0 spiro atoms. The first kappa shape index (κ1) is 24.5. The Morgan fingerprint density at radius 1 is 0.744 bits per heavy atom. The van der Waals surface area contributed by atoms with Crippen LogP contribution in [0.5, 0.6) is 11.5 Å². The van der Waals surface area contributed by atoms with Gasteiger partial charge >= 0.3 is 0 Å². The van der Waals surface area contributed by atoms with E-state index in [2.05, 4.69) is 11.0 Å². The molecule has 1 aliphatic rings. The Morgan fingerprint density at radius 2 is 1.44 bits per heavy atom. The van der Waals surface area contributed by atoms with E-state index in [9.17, 15) is 4.79 Å². The van der Waals surface area contributed by atoms with E-state index in [0.717, 1.165) is 34.0 Å². The molecule has 0 radical (unpaired) electrons. The van der Waals surface area contributed by atoms with Crippen LogP contribution in [0.3, 0.4) is 0 Å². The predicted molar refractivity (Wildman–Crippen MR) is 152 cm³/mol. The highest BCUT2D eigenvalue weighted by molar-refractivity contribution is 5.94. The smallest absolute Gasteiger partial charge is 0.272 e. The van der Waals surface area contributed by atoms with Crippen molar-refractivity contribution < 1.29 is 14.3 Å². The molecule has 1 aliphatic heterocycles. The van der Waals surface area contributed by atoms with Gasteiger partial charge in [0.25, 0.3) is 5.91 Å². The standard InChI is InChI=1S/C31H29N5O3/c1-38-24-14-12-23(13-15-24)25-20-28(36-30(32-25)21-26(33-36)22-8-4-3-5-9-22)31(37)35-18-16-34(17-19-35)27-10-6-7-11-29(27)39-2/h3-15,20-21H,16-19H2,1-2H3. The Morgan fingerprint density at radius 3 is 2.15 bits per heavy atom. The molecule has 0 atom stereocenters. The number of carbonyl (C=O) groups excluding carboxylic acids is 1. The van der Waals surface area contributed by atoms with Crippen LogP contribution in [0.4, 0.5) is 5.69 Å². The fraction of sp³-hybridized carbons (Fsp3) is 0.194. The highest BCUT2D eigenvalue weighted by Gasteiger charge is 2.26. The second-order valence-electron chi connectivity index (χ2n) is 9.37. The summed E-state index contributed by atoms with van der Waals surface area (Å²) in [6.45, 7) is 2.59. The van der Waals surface area contributed by atoms with Crippen LogP contribution in [0.1, 0.15) is 10.5 Å². The molecule has 1 fully saturated rings. The van der Waals surface area contributed by atoms with Crippen molar-refractivity contribution in [2.24, 2.45) is 0 Å². The molecule has 0 saturated carbocycles. The molecule has 0 unspecified atom stereocenters. The van der Waals surface area contributed by atoms with Gasteiger partial charge in [-0.05, 0) is 42.5 Å². The maximum absolute atomic E-state index is 14.0. The number of ether oxygens (including phenoxy) is 2. The zero-order valence-electron chi connectivity index (χ0n) is 21.9. The molecule has 1 amide bonds. The molecule has 3 heterocycles. The average molecular weight is 520 g/mol. The monoisotopic (exact) mass is 519 g/mol. The zero-order valence-corrected chi connectivity index (χ0v) is 21.9. The summed E-state index contributed by atoms with van der Waals surface area (Å²) in [4.78, 5) is 23.0. The normalized spacial score (nSPS) is 13.5. The van der Waals surface area contributed by atoms with Gasteiger partial charge in [0.15, 0.2) is 5.65 Å². The first-order chi connectivity index (χ1) is 19.1. The minimum Gasteiger partial charge on any atom is -0.497 e. The SMILES string of the molecule is COc1ccc(-c2cc(C(=O)N3CCN(c4ccccc4OC)CC3)n3nc(-c4ccccc4)cc3n2)cc1. The number of hydrogen-bond acceptors (Lipinski definition) is 6. The molecular formula is C31H29N5O3. The van der Waals surface area contributed by atoms with E-state index < -0.39 is 0 Å². The first-order valence-corrected chi connectivity index (χ1v) is 12.9. The summed E-state index contributed by atoms with van der Waals surface area (Å²) in [6.07, 6.45) is 0.